The summed E-state index contributed by atoms with van der Waals surface area (Å²) in [5.41, 5.74) is 2.79. The largest absolute Gasteiger partial charge is 0.341 e. The molecule has 156 valence electrons. The number of ketones is 2. The number of amides is 1. The summed E-state index contributed by atoms with van der Waals surface area (Å²) >= 11 is 0. The van der Waals surface area contributed by atoms with Crippen LogP contribution in [0.3, 0.4) is 0 Å². The van der Waals surface area contributed by atoms with Gasteiger partial charge in [0.1, 0.15) is 6.54 Å². The summed E-state index contributed by atoms with van der Waals surface area (Å²) in [7, 11) is 0. The molecule has 0 saturated carbocycles. The first-order chi connectivity index (χ1) is 15.0. The first-order valence-electron chi connectivity index (χ1n) is 10.8. The van der Waals surface area contributed by atoms with Gasteiger partial charge >= 0.3 is 0 Å². The van der Waals surface area contributed by atoms with Gasteiger partial charge in [-0.3, -0.25) is 14.4 Å². The molecule has 0 radical (unpaired) electrons. The third-order valence-corrected chi connectivity index (χ3v) is 6.47. The van der Waals surface area contributed by atoms with Crippen LogP contribution in [0.5, 0.6) is 0 Å². The Morgan fingerprint density at radius 3 is 2.26 bits per heavy atom. The molecule has 31 heavy (non-hydrogen) atoms. The normalized spacial score (nSPS) is 16.8. The molecule has 2 aromatic carbocycles. The topological polar surface area (TPSA) is 59.4 Å². The lowest BCUT2D eigenvalue weighted by Crippen LogP contribution is -2.39. The van der Waals surface area contributed by atoms with Crippen LogP contribution in [-0.4, -0.2) is 40.0 Å². The molecule has 1 saturated heterocycles. The number of para-hydroxylation sites is 1. The van der Waals surface area contributed by atoms with E-state index in [0.29, 0.717) is 17.0 Å². The minimum Gasteiger partial charge on any atom is -0.341 e. The highest BCUT2D eigenvalue weighted by Crippen LogP contribution is 2.30. The van der Waals surface area contributed by atoms with E-state index in [0.717, 1.165) is 42.4 Å². The van der Waals surface area contributed by atoms with Crippen LogP contribution in [0.4, 0.5) is 0 Å². The number of piperidine rings is 1. The fourth-order valence-electron chi connectivity index (χ4n) is 4.58. The molecule has 0 atom stereocenters. The number of carbonyl (C=O) groups excluding carboxylic acids is 3. The number of hydrogen-bond acceptors (Lipinski definition) is 3. The summed E-state index contributed by atoms with van der Waals surface area (Å²) in [6.07, 6.45) is 5.64. The van der Waals surface area contributed by atoms with Gasteiger partial charge in [-0.05, 0) is 30.9 Å². The molecule has 5 nitrogen and oxygen atoms in total. The Hall–Kier alpha value is -3.47. The summed E-state index contributed by atoms with van der Waals surface area (Å²) in [6.45, 7) is 4.08. The summed E-state index contributed by atoms with van der Waals surface area (Å²) in [5, 5.41) is 0.923. The van der Waals surface area contributed by atoms with Crippen LogP contribution in [0.2, 0.25) is 0 Å². The van der Waals surface area contributed by atoms with E-state index in [9.17, 15) is 14.4 Å². The zero-order valence-corrected chi connectivity index (χ0v) is 17.5. The van der Waals surface area contributed by atoms with Crippen molar-refractivity contribution in [1.29, 1.82) is 0 Å². The molecule has 2 heterocycles. The third kappa shape index (κ3) is 3.40. The fraction of sp³-hybridized carbons (Fsp3) is 0.269. The summed E-state index contributed by atoms with van der Waals surface area (Å²) < 4.78 is 1.93. The van der Waals surface area contributed by atoms with Crippen LogP contribution in [0.1, 0.15) is 46.0 Å². The summed E-state index contributed by atoms with van der Waals surface area (Å²) in [4.78, 5) is 40.5. The molecular weight excluding hydrogens is 388 g/mol. The Labute approximate surface area is 181 Å². The molecule has 1 aliphatic heterocycles. The smallest absolute Gasteiger partial charge is 0.242 e. The van der Waals surface area contributed by atoms with Crippen LogP contribution in [0.15, 0.2) is 60.3 Å². The molecule has 1 aromatic heterocycles. The average molecular weight is 412 g/mol. The van der Waals surface area contributed by atoms with Crippen molar-refractivity contribution < 1.29 is 14.4 Å². The van der Waals surface area contributed by atoms with Crippen molar-refractivity contribution in [2.45, 2.75) is 26.3 Å². The highest BCUT2D eigenvalue weighted by molar-refractivity contribution is 6.41. The molecule has 5 rings (SSSR count). The van der Waals surface area contributed by atoms with Crippen molar-refractivity contribution in [1.82, 2.24) is 9.47 Å². The van der Waals surface area contributed by atoms with Gasteiger partial charge in [-0.1, -0.05) is 49.4 Å². The fourth-order valence-corrected chi connectivity index (χ4v) is 4.58. The standard InChI is InChI=1S/C26H24N2O3/c1-17-10-12-27(13-11-17)24(29)16-28-15-18(19-6-4-5-9-23(19)28)14-22-25(30)20-7-2-3-8-21(20)26(22)31/h2-9,14-15,17H,10-13,16H2,1H3. The molecule has 1 fully saturated rings. The maximum absolute atomic E-state index is 12.9. The molecule has 0 bridgehead atoms. The number of rotatable bonds is 3. The van der Waals surface area contributed by atoms with E-state index in [2.05, 4.69) is 6.92 Å². The van der Waals surface area contributed by atoms with Crippen molar-refractivity contribution in [3.63, 3.8) is 0 Å². The molecule has 2 aliphatic rings. The SMILES string of the molecule is CC1CCN(C(=O)Cn2cc(C=C3C(=O)c4ccccc4C3=O)c3ccccc32)CC1. The van der Waals surface area contributed by atoms with Gasteiger partial charge in [-0.15, -0.1) is 0 Å². The van der Waals surface area contributed by atoms with E-state index in [-0.39, 0.29) is 29.6 Å². The summed E-state index contributed by atoms with van der Waals surface area (Å²) in [5.74, 6) is 0.291. The molecule has 0 spiro atoms. The highest BCUT2D eigenvalue weighted by Gasteiger charge is 2.32. The second kappa shape index (κ2) is 7.65. The van der Waals surface area contributed by atoms with Crippen molar-refractivity contribution in [2.24, 2.45) is 5.92 Å². The first kappa shape index (κ1) is 19.5. The number of Topliss-reactive ketones (excluding diaryl/α,β-unsaturated/α-hetero) is 2. The maximum atomic E-state index is 12.9. The number of aromatic nitrogens is 1. The van der Waals surface area contributed by atoms with Crippen LogP contribution < -0.4 is 0 Å². The van der Waals surface area contributed by atoms with E-state index < -0.39 is 0 Å². The number of nitrogens with zero attached hydrogens (tertiary/aromatic N) is 2. The number of fused-ring (bicyclic) bond motifs is 2. The minimum atomic E-state index is -0.240. The van der Waals surface area contributed by atoms with Crippen LogP contribution in [-0.2, 0) is 11.3 Å². The van der Waals surface area contributed by atoms with Gasteiger partial charge in [0.05, 0.1) is 5.57 Å². The second-order valence-electron chi connectivity index (χ2n) is 8.55. The van der Waals surface area contributed by atoms with Crippen molar-refractivity contribution in [2.75, 3.05) is 13.1 Å². The Morgan fingerprint density at radius 2 is 1.58 bits per heavy atom. The first-order valence-corrected chi connectivity index (χ1v) is 10.8. The Bertz CT molecular complexity index is 1210. The number of carbonyl (C=O) groups is 3. The lowest BCUT2D eigenvalue weighted by atomic mass is 9.99. The molecule has 0 unspecified atom stereocenters. The minimum absolute atomic E-state index is 0.104. The third-order valence-electron chi connectivity index (χ3n) is 6.47. The van der Waals surface area contributed by atoms with E-state index in [1.807, 2.05) is 39.9 Å². The molecular formula is C26H24N2O3. The quantitative estimate of drug-likeness (QED) is 0.474. The van der Waals surface area contributed by atoms with Crippen LogP contribution in [0.25, 0.3) is 17.0 Å². The van der Waals surface area contributed by atoms with E-state index in [1.54, 1.807) is 30.3 Å². The monoisotopic (exact) mass is 412 g/mol. The van der Waals surface area contributed by atoms with E-state index in [1.165, 1.54) is 0 Å². The molecule has 0 N–H and O–H groups in total. The maximum Gasteiger partial charge on any atom is 0.242 e. The zero-order chi connectivity index (χ0) is 21.5. The predicted molar refractivity (Wildman–Crippen MR) is 120 cm³/mol. The summed E-state index contributed by atoms with van der Waals surface area (Å²) in [6, 6.07) is 14.7. The molecule has 1 amide bonds. The van der Waals surface area contributed by atoms with Crippen LogP contribution in [0, 0.1) is 5.92 Å². The molecule has 1 aliphatic carbocycles. The van der Waals surface area contributed by atoms with Gasteiger partial charge in [0.15, 0.2) is 11.6 Å². The number of likely N-dealkylation sites (tertiary alicyclic amines) is 1. The van der Waals surface area contributed by atoms with Gasteiger partial charge in [0.2, 0.25) is 5.91 Å². The molecule has 3 aromatic rings. The van der Waals surface area contributed by atoms with E-state index in [4.69, 9.17) is 0 Å². The highest BCUT2D eigenvalue weighted by atomic mass is 16.2. The number of hydrogen-bond donors (Lipinski definition) is 0. The van der Waals surface area contributed by atoms with Gasteiger partial charge in [0.25, 0.3) is 0 Å². The number of allylic oxidation sites excluding steroid dienone is 1. The van der Waals surface area contributed by atoms with Crippen molar-refractivity contribution in [3.05, 3.63) is 77.0 Å². The lowest BCUT2D eigenvalue weighted by molar-refractivity contribution is -0.133. The number of benzene rings is 2. The van der Waals surface area contributed by atoms with Crippen LogP contribution >= 0.6 is 0 Å². The Balaban J connectivity index is 1.49. The second-order valence-corrected chi connectivity index (χ2v) is 8.55. The van der Waals surface area contributed by atoms with Crippen molar-refractivity contribution >= 4 is 34.5 Å². The van der Waals surface area contributed by atoms with Gasteiger partial charge in [-0.2, -0.15) is 0 Å². The van der Waals surface area contributed by atoms with Gasteiger partial charge < -0.3 is 9.47 Å². The lowest BCUT2D eigenvalue weighted by Gasteiger charge is -2.30. The zero-order valence-electron chi connectivity index (χ0n) is 17.5. The van der Waals surface area contributed by atoms with Gasteiger partial charge in [-0.25, -0.2) is 0 Å². The molecule has 5 heteroatoms. The van der Waals surface area contributed by atoms with E-state index >= 15 is 0 Å². The average Bonchev–Trinajstić information content (AvgIpc) is 3.25. The van der Waals surface area contributed by atoms with Gasteiger partial charge in [0, 0.05) is 46.9 Å². The van der Waals surface area contributed by atoms with Crippen molar-refractivity contribution in [3.8, 4) is 0 Å². The Kier molecular flexibility index (Phi) is 4.81. The Morgan fingerprint density at radius 1 is 0.968 bits per heavy atom. The predicted octanol–water partition coefficient (Wildman–Crippen LogP) is 4.36.